The van der Waals surface area contributed by atoms with Gasteiger partial charge in [0.15, 0.2) is 12.8 Å². The third-order valence-corrected chi connectivity index (χ3v) is 4.61. The van der Waals surface area contributed by atoms with Crippen molar-refractivity contribution in [2.24, 2.45) is 10.7 Å². The molecule has 7 heteroatoms. The SMILES string of the molecule is NC(=NCCc1cccs1)NCCc1cc(F)cc2c1OCOC2. The molecule has 0 radical (unpaired) electrons. The van der Waals surface area contributed by atoms with Gasteiger partial charge in [-0.05, 0) is 35.6 Å². The molecule has 0 fully saturated rings. The quantitative estimate of drug-likeness (QED) is 0.621. The summed E-state index contributed by atoms with van der Waals surface area (Å²) in [6.07, 6.45) is 1.48. The Morgan fingerprint density at radius 1 is 1.38 bits per heavy atom. The molecular weight excluding hydrogens is 329 g/mol. The van der Waals surface area contributed by atoms with Crippen LogP contribution in [0.3, 0.4) is 0 Å². The molecule has 3 N–H and O–H groups in total. The monoisotopic (exact) mass is 349 g/mol. The van der Waals surface area contributed by atoms with Crippen LogP contribution in [0.5, 0.6) is 5.75 Å². The van der Waals surface area contributed by atoms with Gasteiger partial charge in [0, 0.05) is 30.0 Å². The van der Waals surface area contributed by atoms with Crippen molar-refractivity contribution in [1.29, 1.82) is 0 Å². The van der Waals surface area contributed by atoms with Crippen LogP contribution < -0.4 is 15.8 Å². The standard InChI is InChI=1S/C17H20FN3O2S/c18-14-8-12(16-13(9-14)10-22-11-23-16)3-5-20-17(19)21-6-4-15-2-1-7-24-15/h1-2,7-9H,3-6,10-11H2,(H3,19,20,21). The number of nitrogens with one attached hydrogen (secondary N) is 1. The number of nitrogens with zero attached hydrogens (tertiary/aromatic N) is 1. The molecule has 1 aliphatic heterocycles. The van der Waals surface area contributed by atoms with Gasteiger partial charge in [0.25, 0.3) is 0 Å². The fraction of sp³-hybridized carbons (Fsp3) is 0.353. The molecule has 0 amide bonds. The summed E-state index contributed by atoms with van der Waals surface area (Å²) in [5, 5.41) is 5.11. The molecule has 24 heavy (non-hydrogen) atoms. The van der Waals surface area contributed by atoms with Gasteiger partial charge in [-0.15, -0.1) is 11.3 Å². The highest BCUT2D eigenvalue weighted by Crippen LogP contribution is 2.29. The molecule has 0 bridgehead atoms. The first-order valence-corrected chi connectivity index (χ1v) is 8.68. The van der Waals surface area contributed by atoms with Crippen LogP contribution in [0.25, 0.3) is 0 Å². The summed E-state index contributed by atoms with van der Waals surface area (Å²) in [4.78, 5) is 5.59. The van der Waals surface area contributed by atoms with Gasteiger partial charge < -0.3 is 20.5 Å². The smallest absolute Gasteiger partial charge is 0.189 e. The molecule has 0 unspecified atom stereocenters. The van der Waals surface area contributed by atoms with E-state index < -0.39 is 0 Å². The van der Waals surface area contributed by atoms with Gasteiger partial charge in [0.1, 0.15) is 11.6 Å². The lowest BCUT2D eigenvalue weighted by Crippen LogP contribution is -2.33. The maximum absolute atomic E-state index is 13.7. The van der Waals surface area contributed by atoms with Crippen LogP contribution in [0.4, 0.5) is 4.39 Å². The Balaban J connectivity index is 1.50. The second-order valence-corrected chi connectivity index (χ2v) is 6.47. The Bertz CT molecular complexity index is 704. The molecule has 128 valence electrons. The summed E-state index contributed by atoms with van der Waals surface area (Å²) in [6.45, 7) is 1.79. The van der Waals surface area contributed by atoms with E-state index in [4.69, 9.17) is 15.2 Å². The Labute approximate surface area is 144 Å². The first kappa shape index (κ1) is 16.7. The summed E-state index contributed by atoms with van der Waals surface area (Å²) in [5.41, 5.74) is 7.42. The minimum Gasteiger partial charge on any atom is -0.467 e. The molecule has 1 aromatic heterocycles. The molecule has 0 saturated heterocycles. The maximum Gasteiger partial charge on any atom is 0.189 e. The van der Waals surface area contributed by atoms with Crippen molar-refractivity contribution in [3.63, 3.8) is 0 Å². The van der Waals surface area contributed by atoms with Crippen LogP contribution in [0.1, 0.15) is 16.0 Å². The van der Waals surface area contributed by atoms with Crippen LogP contribution in [0.2, 0.25) is 0 Å². The van der Waals surface area contributed by atoms with E-state index in [2.05, 4.69) is 16.4 Å². The molecule has 2 aromatic rings. The van der Waals surface area contributed by atoms with Gasteiger partial charge >= 0.3 is 0 Å². The van der Waals surface area contributed by atoms with Gasteiger partial charge in [-0.3, -0.25) is 4.99 Å². The summed E-state index contributed by atoms with van der Waals surface area (Å²) in [5.74, 6) is 0.842. The number of hydrogen-bond acceptors (Lipinski definition) is 4. The fourth-order valence-corrected chi connectivity index (χ4v) is 3.26. The van der Waals surface area contributed by atoms with E-state index in [1.165, 1.54) is 17.0 Å². The lowest BCUT2D eigenvalue weighted by molar-refractivity contribution is -0.0172. The minimum absolute atomic E-state index is 0.200. The van der Waals surface area contributed by atoms with Gasteiger partial charge in [0.2, 0.25) is 0 Å². The summed E-state index contributed by atoms with van der Waals surface area (Å²) >= 11 is 1.71. The Kier molecular flexibility index (Phi) is 5.66. The van der Waals surface area contributed by atoms with Crippen molar-refractivity contribution in [1.82, 2.24) is 5.32 Å². The van der Waals surface area contributed by atoms with Crippen molar-refractivity contribution < 1.29 is 13.9 Å². The normalized spacial score (nSPS) is 14.1. The number of halogens is 1. The lowest BCUT2D eigenvalue weighted by Gasteiger charge is -2.21. The second kappa shape index (κ2) is 8.12. The second-order valence-electron chi connectivity index (χ2n) is 5.44. The van der Waals surface area contributed by atoms with E-state index in [9.17, 15) is 4.39 Å². The van der Waals surface area contributed by atoms with Crippen LogP contribution in [0, 0.1) is 5.82 Å². The summed E-state index contributed by atoms with van der Waals surface area (Å²) in [6, 6.07) is 7.06. The number of guanidine groups is 1. The highest BCUT2D eigenvalue weighted by molar-refractivity contribution is 7.09. The topological polar surface area (TPSA) is 68.9 Å². The number of benzene rings is 1. The molecule has 1 aliphatic rings. The number of nitrogens with two attached hydrogens (primary N) is 1. The molecule has 2 heterocycles. The van der Waals surface area contributed by atoms with Crippen molar-refractivity contribution in [3.05, 3.63) is 51.5 Å². The predicted molar refractivity (Wildman–Crippen MR) is 92.9 cm³/mol. The number of aliphatic imine (C=N–C) groups is 1. The zero-order valence-electron chi connectivity index (χ0n) is 13.3. The molecule has 0 saturated carbocycles. The Morgan fingerprint density at radius 3 is 3.12 bits per heavy atom. The van der Waals surface area contributed by atoms with Crippen molar-refractivity contribution >= 4 is 17.3 Å². The molecule has 0 aliphatic carbocycles. The molecule has 0 atom stereocenters. The highest BCUT2D eigenvalue weighted by Gasteiger charge is 2.16. The summed E-state index contributed by atoms with van der Waals surface area (Å²) in [7, 11) is 0. The fourth-order valence-electron chi connectivity index (χ4n) is 2.56. The Hall–Kier alpha value is -2.12. The number of fused-ring (bicyclic) bond motifs is 1. The first-order valence-electron chi connectivity index (χ1n) is 7.80. The molecular formula is C17H20FN3O2S. The maximum atomic E-state index is 13.7. The van der Waals surface area contributed by atoms with Crippen LogP contribution in [-0.4, -0.2) is 25.8 Å². The minimum atomic E-state index is -0.282. The van der Waals surface area contributed by atoms with E-state index in [1.54, 1.807) is 11.3 Å². The van der Waals surface area contributed by atoms with E-state index in [0.717, 1.165) is 23.3 Å². The van der Waals surface area contributed by atoms with Crippen molar-refractivity contribution in [3.8, 4) is 5.75 Å². The first-order chi connectivity index (χ1) is 11.7. The molecule has 3 rings (SSSR count). The van der Waals surface area contributed by atoms with Gasteiger partial charge in [-0.25, -0.2) is 4.39 Å². The molecule has 0 spiro atoms. The van der Waals surface area contributed by atoms with Gasteiger partial charge in [-0.2, -0.15) is 0 Å². The largest absolute Gasteiger partial charge is 0.467 e. The highest BCUT2D eigenvalue weighted by atomic mass is 32.1. The van der Waals surface area contributed by atoms with Gasteiger partial charge in [-0.1, -0.05) is 6.07 Å². The van der Waals surface area contributed by atoms with E-state index in [1.807, 2.05) is 11.4 Å². The third kappa shape index (κ3) is 4.46. The number of rotatable bonds is 6. The summed E-state index contributed by atoms with van der Waals surface area (Å²) < 4.78 is 24.3. The van der Waals surface area contributed by atoms with E-state index in [0.29, 0.717) is 32.1 Å². The lowest BCUT2D eigenvalue weighted by atomic mass is 10.1. The Morgan fingerprint density at radius 2 is 2.29 bits per heavy atom. The predicted octanol–water partition coefficient (Wildman–Crippen LogP) is 2.44. The van der Waals surface area contributed by atoms with E-state index in [-0.39, 0.29) is 12.6 Å². The van der Waals surface area contributed by atoms with Crippen molar-refractivity contribution in [2.75, 3.05) is 19.9 Å². The van der Waals surface area contributed by atoms with Gasteiger partial charge in [0.05, 0.1) is 6.61 Å². The van der Waals surface area contributed by atoms with Crippen LogP contribution in [-0.2, 0) is 24.2 Å². The number of thiophene rings is 1. The average molecular weight is 349 g/mol. The number of ether oxygens (including phenoxy) is 2. The number of hydrogen-bond donors (Lipinski definition) is 2. The molecule has 1 aromatic carbocycles. The third-order valence-electron chi connectivity index (χ3n) is 3.67. The van der Waals surface area contributed by atoms with Crippen LogP contribution >= 0.6 is 11.3 Å². The zero-order valence-corrected chi connectivity index (χ0v) is 14.1. The zero-order chi connectivity index (χ0) is 16.8. The van der Waals surface area contributed by atoms with E-state index >= 15 is 0 Å². The molecule has 5 nitrogen and oxygen atoms in total. The van der Waals surface area contributed by atoms with Crippen LogP contribution in [0.15, 0.2) is 34.6 Å². The average Bonchev–Trinajstić information content (AvgIpc) is 3.08. The van der Waals surface area contributed by atoms with Crippen molar-refractivity contribution in [2.45, 2.75) is 19.4 Å².